The monoisotopic (exact) mass is 381 g/mol. The van der Waals surface area contributed by atoms with Gasteiger partial charge in [0.15, 0.2) is 11.5 Å². The fraction of sp³-hybridized carbons (Fsp3) is 0.409. The van der Waals surface area contributed by atoms with Gasteiger partial charge < -0.3 is 19.2 Å². The van der Waals surface area contributed by atoms with Crippen LogP contribution in [0.4, 0.5) is 0 Å². The van der Waals surface area contributed by atoms with Gasteiger partial charge in [0.25, 0.3) is 0 Å². The van der Waals surface area contributed by atoms with Crippen LogP contribution in [0.25, 0.3) is 11.0 Å². The molecule has 0 aliphatic carbocycles. The van der Waals surface area contributed by atoms with Gasteiger partial charge in [0, 0.05) is 19.7 Å². The molecule has 0 amide bonds. The Hall–Kier alpha value is -2.57. The van der Waals surface area contributed by atoms with Crippen LogP contribution in [0.3, 0.4) is 0 Å². The molecule has 6 heteroatoms. The van der Waals surface area contributed by atoms with Crippen molar-refractivity contribution < 1.29 is 14.2 Å². The molecule has 0 bridgehead atoms. The maximum absolute atomic E-state index is 5.88. The number of fused-ring (bicyclic) bond motifs is 1. The fourth-order valence-electron chi connectivity index (χ4n) is 3.79. The lowest BCUT2D eigenvalue weighted by Crippen LogP contribution is -2.31. The Bertz CT molecular complexity index is 885. The predicted octanol–water partition coefficient (Wildman–Crippen LogP) is 3.76. The summed E-state index contributed by atoms with van der Waals surface area (Å²) in [5, 5.41) is 0. The third-order valence-electron chi connectivity index (χ3n) is 5.15. The van der Waals surface area contributed by atoms with Crippen molar-refractivity contribution in [3.63, 3.8) is 0 Å². The summed E-state index contributed by atoms with van der Waals surface area (Å²) in [5.41, 5.74) is 3.24. The maximum atomic E-state index is 5.88. The van der Waals surface area contributed by atoms with Crippen molar-refractivity contribution in [1.82, 2.24) is 14.9 Å². The number of hydrogen-bond donors (Lipinski definition) is 1. The lowest BCUT2D eigenvalue weighted by Gasteiger charge is -2.24. The molecule has 148 valence electrons. The van der Waals surface area contributed by atoms with E-state index >= 15 is 0 Å². The molecular formula is C22H27N3O3. The summed E-state index contributed by atoms with van der Waals surface area (Å²) < 4.78 is 16.7. The molecule has 1 aliphatic heterocycles. The summed E-state index contributed by atoms with van der Waals surface area (Å²) in [6, 6.07) is 14.2. The molecule has 2 aromatic carbocycles. The highest BCUT2D eigenvalue weighted by Crippen LogP contribution is 2.28. The largest absolute Gasteiger partial charge is 0.493 e. The SMILES string of the molecule is COc1ccc(CN(Cc2nc3ccccc3[nH]2)C[C@@H]2CCCO2)cc1OC. The van der Waals surface area contributed by atoms with E-state index in [9.17, 15) is 0 Å². The van der Waals surface area contributed by atoms with Crippen LogP contribution in [0.15, 0.2) is 42.5 Å². The quantitative estimate of drug-likeness (QED) is 0.644. The van der Waals surface area contributed by atoms with Crippen molar-refractivity contribution in [3.05, 3.63) is 53.9 Å². The van der Waals surface area contributed by atoms with Gasteiger partial charge in [-0.15, -0.1) is 0 Å². The van der Waals surface area contributed by atoms with E-state index in [-0.39, 0.29) is 6.10 Å². The predicted molar refractivity (Wildman–Crippen MR) is 109 cm³/mol. The van der Waals surface area contributed by atoms with Crippen molar-refractivity contribution in [2.75, 3.05) is 27.4 Å². The molecule has 4 rings (SSSR count). The number of benzene rings is 2. The Labute approximate surface area is 165 Å². The highest BCUT2D eigenvalue weighted by atomic mass is 16.5. The van der Waals surface area contributed by atoms with Crippen LogP contribution >= 0.6 is 0 Å². The molecule has 0 unspecified atom stereocenters. The molecule has 1 saturated heterocycles. The first kappa shape index (κ1) is 18.8. The molecule has 1 N–H and O–H groups in total. The number of methoxy groups -OCH3 is 2. The smallest absolute Gasteiger partial charge is 0.161 e. The van der Waals surface area contributed by atoms with E-state index in [1.54, 1.807) is 14.2 Å². The molecule has 28 heavy (non-hydrogen) atoms. The summed E-state index contributed by atoms with van der Waals surface area (Å²) in [6.45, 7) is 3.27. The molecule has 0 radical (unpaired) electrons. The number of para-hydroxylation sites is 2. The maximum Gasteiger partial charge on any atom is 0.161 e. The van der Waals surface area contributed by atoms with Gasteiger partial charge in [0.05, 0.1) is 37.9 Å². The van der Waals surface area contributed by atoms with Gasteiger partial charge in [0.1, 0.15) is 5.82 Å². The van der Waals surface area contributed by atoms with Crippen LogP contribution in [0.1, 0.15) is 24.2 Å². The number of rotatable bonds is 8. The summed E-state index contributed by atoms with van der Waals surface area (Å²) in [7, 11) is 3.32. The van der Waals surface area contributed by atoms with Crippen molar-refractivity contribution in [1.29, 1.82) is 0 Å². The fourth-order valence-corrected chi connectivity index (χ4v) is 3.79. The lowest BCUT2D eigenvalue weighted by atomic mass is 10.1. The van der Waals surface area contributed by atoms with Crippen LogP contribution in [0.2, 0.25) is 0 Å². The van der Waals surface area contributed by atoms with Crippen molar-refractivity contribution in [2.24, 2.45) is 0 Å². The molecule has 2 heterocycles. The summed E-state index contributed by atoms with van der Waals surface area (Å²) >= 11 is 0. The zero-order valence-corrected chi connectivity index (χ0v) is 16.5. The van der Waals surface area contributed by atoms with E-state index in [0.717, 1.165) is 67.4 Å². The van der Waals surface area contributed by atoms with Crippen LogP contribution in [0.5, 0.6) is 11.5 Å². The molecule has 3 aromatic rings. The van der Waals surface area contributed by atoms with E-state index in [0.29, 0.717) is 0 Å². The lowest BCUT2D eigenvalue weighted by molar-refractivity contribution is 0.0671. The van der Waals surface area contributed by atoms with E-state index in [4.69, 9.17) is 19.2 Å². The minimum absolute atomic E-state index is 0.282. The number of nitrogens with zero attached hydrogens (tertiary/aromatic N) is 2. The molecule has 0 saturated carbocycles. The molecule has 1 aliphatic rings. The van der Waals surface area contributed by atoms with E-state index < -0.39 is 0 Å². The molecule has 1 atom stereocenters. The van der Waals surface area contributed by atoms with Gasteiger partial charge >= 0.3 is 0 Å². The second-order valence-electron chi connectivity index (χ2n) is 7.19. The first-order valence-electron chi connectivity index (χ1n) is 9.73. The van der Waals surface area contributed by atoms with Gasteiger partial charge in [-0.2, -0.15) is 0 Å². The zero-order valence-electron chi connectivity index (χ0n) is 16.5. The number of aromatic amines is 1. The van der Waals surface area contributed by atoms with Gasteiger partial charge in [-0.05, 0) is 42.7 Å². The van der Waals surface area contributed by atoms with Gasteiger partial charge in [-0.25, -0.2) is 4.98 Å². The first-order valence-corrected chi connectivity index (χ1v) is 9.73. The summed E-state index contributed by atoms with van der Waals surface area (Å²) in [4.78, 5) is 10.6. The number of nitrogens with one attached hydrogen (secondary N) is 1. The first-order chi connectivity index (χ1) is 13.7. The number of hydrogen-bond acceptors (Lipinski definition) is 5. The third-order valence-corrected chi connectivity index (χ3v) is 5.15. The number of H-pyrrole nitrogens is 1. The van der Waals surface area contributed by atoms with E-state index in [1.807, 2.05) is 30.3 Å². The molecule has 1 fully saturated rings. The third kappa shape index (κ3) is 4.29. The van der Waals surface area contributed by atoms with Crippen molar-refractivity contribution in [2.45, 2.75) is 32.0 Å². The highest BCUT2D eigenvalue weighted by Gasteiger charge is 2.21. The Kier molecular flexibility index (Phi) is 5.78. The second-order valence-corrected chi connectivity index (χ2v) is 7.19. The molecular weight excluding hydrogens is 354 g/mol. The molecule has 1 aromatic heterocycles. The average molecular weight is 381 g/mol. The number of imidazole rings is 1. The topological polar surface area (TPSA) is 59.6 Å². The number of ether oxygens (including phenoxy) is 3. The van der Waals surface area contributed by atoms with Crippen LogP contribution < -0.4 is 9.47 Å². The van der Waals surface area contributed by atoms with Gasteiger partial charge in [0.2, 0.25) is 0 Å². The minimum Gasteiger partial charge on any atom is -0.493 e. The van der Waals surface area contributed by atoms with E-state index in [1.165, 1.54) is 5.56 Å². The number of aromatic nitrogens is 2. The van der Waals surface area contributed by atoms with Crippen molar-refractivity contribution >= 4 is 11.0 Å². The minimum atomic E-state index is 0.282. The molecule has 6 nitrogen and oxygen atoms in total. The Morgan fingerprint density at radius 2 is 1.96 bits per heavy atom. The van der Waals surface area contributed by atoms with Crippen LogP contribution in [0, 0.1) is 0 Å². The van der Waals surface area contributed by atoms with Crippen LogP contribution in [-0.2, 0) is 17.8 Å². The normalized spacial score (nSPS) is 16.8. The Morgan fingerprint density at radius 1 is 1.11 bits per heavy atom. The Balaban J connectivity index is 1.54. The van der Waals surface area contributed by atoms with Gasteiger partial charge in [-0.3, -0.25) is 4.90 Å². The standard InChI is InChI=1S/C22H27N3O3/c1-26-20-10-9-16(12-21(20)27-2)13-25(14-17-6-5-11-28-17)15-22-23-18-7-3-4-8-19(18)24-22/h3-4,7-10,12,17H,5-6,11,13-15H2,1-2H3,(H,23,24)/t17-/m0/s1. The van der Waals surface area contributed by atoms with Crippen molar-refractivity contribution in [3.8, 4) is 11.5 Å². The average Bonchev–Trinajstić information content (AvgIpc) is 3.36. The van der Waals surface area contributed by atoms with Crippen LogP contribution in [-0.4, -0.2) is 48.3 Å². The molecule has 0 spiro atoms. The van der Waals surface area contributed by atoms with E-state index in [2.05, 4.69) is 22.0 Å². The second kappa shape index (κ2) is 8.63. The zero-order chi connectivity index (χ0) is 19.3. The van der Waals surface area contributed by atoms with Gasteiger partial charge in [-0.1, -0.05) is 18.2 Å². The highest BCUT2D eigenvalue weighted by molar-refractivity contribution is 5.74. The summed E-state index contributed by atoms with van der Waals surface area (Å²) in [6.07, 6.45) is 2.53. The summed E-state index contributed by atoms with van der Waals surface area (Å²) in [5.74, 6) is 2.47. The Morgan fingerprint density at radius 3 is 2.71 bits per heavy atom.